The fourth-order valence-electron chi connectivity index (χ4n) is 2.22. The van der Waals surface area contributed by atoms with Crippen molar-refractivity contribution in [2.45, 2.75) is 19.2 Å². The van der Waals surface area contributed by atoms with Crippen LogP contribution in [0.25, 0.3) is 0 Å². The SMILES string of the molecule is O=C(OCc1ccccc1)C1CN1Cc1ccccc1. The Hall–Kier alpha value is -2.13. The molecule has 0 amide bonds. The molecule has 1 heterocycles. The van der Waals surface area contributed by atoms with Gasteiger partial charge in [0.25, 0.3) is 0 Å². The second-order valence-corrected chi connectivity index (χ2v) is 5.02. The third-order valence-electron chi connectivity index (χ3n) is 3.44. The molecule has 2 atom stereocenters. The van der Waals surface area contributed by atoms with E-state index in [9.17, 15) is 4.79 Å². The Morgan fingerprint density at radius 1 is 1.00 bits per heavy atom. The number of hydrogen-bond acceptors (Lipinski definition) is 3. The summed E-state index contributed by atoms with van der Waals surface area (Å²) in [6.45, 7) is 1.96. The molecule has 3 nitrogen and oxygen atoms in total. The number of nitrogens with zero attached hydrogens (tertiary/aromatic N) is 1. The van der Waals surface area contributed by atoms with Crippen LogP contribution < -0.4 is 0 Å². The van der Waals surface area contributed by atoms with Gasteiger partial charge in [0.15, 0.2) is 0 Å². The smallest absolute Gasteiger partial charge is 0.325 e. The highest BCUT2D eigenvalue weighted by molar-refractivity contribution is 5.79. The highest BCUT2D eigenvalue weighted by Crippen LogP contribution is 2.22. The topological polar surface area (TPSA) is 29.3 Å². The summed E-state index contributed by atoms with van der Waals surface area (Å²) in [5.74, 6) is -0.121. The first-order valence-electron chi connectivity index (χ1n) is 6.81. The number of hydrogen-bond donors (Lipinski definition) is 0. The van der Waals surface area contributed by atoms with Gasteiger partial charge in [-0.05, 0) is 11.1 Å². The summed E-state index contributed by atoms with van der Waals surface area (Å²) >= 11 is 0. The first-order chi connectivity index (χ1) is 9.83. The quantitative estimate of drug-likeness (QED) is 0.616. The van der Waals surface area contributed by atoms with Gasteiger partial charge in [0.1, 0.15) is 12.6 Å². The number of rotatable bonds is 5. The van der Waals surface area contributed by atoms with Gasteiger partial charge < -0.3 is 4.74 Å². The van der Waals surface area contributed by atoms with Crippen molar-refractivity contribution in [2.75, 3.05) is 6.54 Å². The molecule has 0 N–H and O–H groups in total. The molecule has 1 aliphatic rings. The molecule has 20 heavy (non-hydrogen) atoms. The third-order valence-corrected chi connectivity index (χ3v) is 3.44. The summed E-state index contributed by atoms with van der Waals surface area (Å²) < 4.78 is 5.34. The van der Waals surface area contributed by atoms with Crippen LogP contribution in [-0.2, 0) is 22.7 Å². The molecule has 1 fully saturated rings. The predicted molar refractivity (Wildman–Crippen MR) is 76.9 cm³/mol. The van der Waals surface area contributed by atoms with Crippen molar-refractivity contribution in [2.24, 2.45) is 0 Å². The van der Waals surface area contributed by atoms with E-state index in [0.717, 1.165) is 18.7 Å². The minimum Gasteiger partial charge on any atom is -0.460 e. The fourth-order valence-corrected chi connectivity index (χ4v) is 2.22. The van der Waals surface area contributed by atoms with Crippen molar-refractivity contribution in [1.29, 1.82) is 0 Å². The van der Waals surface area contributed by atoms with E-state index in [1.807, 2.05) is 48.5 Å². The first-order valence-corrected chi connectivity index (χ1v) is 6.81. The Morgan fingerprint density at radius 3 is 2.25 bits per heavy atom. The summed E-state index contributed by atoms with van der Waals surface area (Å²) in [4.78, 5) is 14.0. The molecule has 0 bridgehead atoms. The largest absolute Gasteiger partial charge is 0.460 e. The summed E-state index contributed by atoms with van der Waals surface area (Å²) in [6.07, 6.45) is 0. The number of carbonyl (C=O) groups is 1. The van der Waals surface area contributed by atoms with E-state index in [2.05, 4.69) is 17.0 Å². The molecule has 3 heteroatoms. The lowest BCUT2D eigenvalue weighted by Crippen LogP contribution is -2.16. The highest BCUT2D eigenvalue weighted by Gasteiger charge is 2.41. The standard InChI is InChI=1S/C17H17NO2/c19-17(20-13-15-9-5-2-6-10-15)16-12-18(16)11-14-7-3-1-4-8-14/h1-10,16H,11-13H2. The molecule has 0 saturated carbocycles. The minimum atomic E-state index is -0.121. The molecule has 2 unspecified atom stereocenters. The third kappa shape index (κ3) is 3.25. The molecule has 0 aliphatic carbocycles. The summed E-state index contributed by atoms with van der Waals surface area (Å²) in [5, 5.41) is 0. The van der Waals surface area contributed by atoms with E-state index in [1.54, 1.807) is 0 Å². The number of ether oxygens (including phenoxy) is 1. The predicted octanol–water partition coefficient (Wildman–Crippen LogP) is 2.61. The normalized spacial score (nSPS) is 20.4. The van der Waals surface area contributed by atoms with Gasteiger partial charge in [-0.25, -0.2) is 0 Å². The second kappa shape index (κ2) is 5.88. The van der Waals surface area contributed by atoms with E-state index in [-0.39, 0.29) is 12.0 Å². The van der Waals surface area contributed by atoms with Crippen LogP contribution in [0.1, 0.15) is 11.1 Å². The molecule has 2 aromatic carbocycles. The summed E-state index contributed by atoms with van der Waals surface area (Å²) in [5.41, 5.74) is 2.25. The minimum absolute atomic E-state index is 0.0704. The number of benzene rings is 2. The zero-order valence-corrected chi connectivity index (χ0v) is 11.2. The van der Waals surface area contributed by atoms with Crippen molar-refractivity contribution >= 4 is 5.97 Å². The van der Waals surface area contributed by atoms with E-state index < -0.39 is 0 Å². The summed E-state index contributed by atoms with van der Waals surface area (Å²) in [6, 6.07) is 19.9. The van der Waals surface area contributed by atoms with Gasteiger partial charge >= 0.3 is 5.97 Å². The van der Waals surface area contributed by atoms with Crippen LogP contribution in [0.4, 0.5) is 0 Å². The Morgan fingerprint density at radius 2 is 1.60 bits per heavy atom. The van der Waals surface area contributed by atoms with Crippen molar-refractivity contribution in [3.05, 3.63) is 71.8 Å². The van der Waals surface area contributed by atoms with Gasteiger partial charge in [-0.2, -0.15) is 0 Å². The van der Waals surface area contributed by atoms with Gasteiger partial charge in [-0.1, -0.05) is 60.7 Å². The average Bonchev–Trinajstić information content (AvgIpc) is 3.26. The van der Waals surface area contributed by atoms with Gasteiger partial charge in [-0.3, -0.25) is 9.69 Å². The zero-order valence-electron chi connectivity index (χ0n) is 11.2. The van der Waals surface area contributed by atoms with Crippen molar-refractivity contribution in [1.82, 2.24) is 4.90 Å². The van der Waals surface area contributed by atoms with E-state index in [1.165, 1.54) is 5.56 Å². The molecular formula is C17H17NO2. The van der Waals surface area contributed by atoms with Crippen LogP contribution in [-0.4, -0.2) is 23.5 Å². The van der Waals surface area contributed by atoms with Crippen molar-refractivity contribution < 1.29 is 9.53 Å². The van der Waals surface area contributed by atoms with Gasteiger partial charge in [-0.15, -0.1) is 0 Å². The number of carbonyl (C=O) groups excluding carboxylic acids is 1. The van der Waals surface area contributed by atoms with Crippen LogP contribution in [0.5, 0.6) is 0 Å². The molecule has 102 valence electrons. The Bertz CT molecular complexity index is 568. The number of esters is 1. The summed E-state index contributed by atoms with van der Waals surface area (Å²) in [7, 11) is 0. The second-order valence-electron chi connectivity index (χ2n) is 5.02. The molecule has 0 aromatic heterocycles. The lowest BCUT2D eigenvalue weighted by atomic mass is 10.2. The molecule has 2 aromatic rings. The first kappa shape index (κ1) is 12.9. The van der Waals surface area contributed by atoms with Crippen LogP contribution in [0.3, 0.4) is 0 Å². The highest BCUT2D eigenvalue weighted by atomic mass is 16.5. The Kier molecular flexibility index (Phi) is 3.79. The van der Waals surface area contributed by atoms with E-state index in [4.69, 9.17) is 4.74 Å². The monoisotopic (exact) mass is 267 g/mol. The van der Waals surface area contributed by atoms with Crippen LogP contribution in [0.15, 0.2) is 60.7 Å². The van der Waals surface area contributed by atoms with Gasteiger partial charge in [0.2, 0.25) is 0 Å². The van der Waals surface area contributed by atoms with Gasteiger partial charge in [0.05, 0.1) is 0 Å². The maximum atomic E-state index is 11.9. The van der Waals surface area contributed by atoms with Crippen LogP contribution in [0.2, 0.25) is 0 Å². The molecule has 0 spiro atoms. The fraction of sp³-hybridized carbons (Fsp3) is 0.235. The lowest BCUT2D eigenvalue weighted by Gasteiger charge is -2.06. The zero-order chi connectivity index (χ0) is 13.8. The maximum Gasteiger partial charge on any atom is 0.325 e. The van der Waals surface area contributed by atoms with Crippen LogP contribution >= 0.6 is 0 Å². The van der Waals surface area contributed by atoms with E-state index in [0.29, 0.717) is 6.61 Å². The molecule has 1 aliphatic heterocycles. The molecule has 0 radical (unpaired) electrons. The maximum absolute atomic E-state index is 11.9. The van der Waals surface area contributed by atoms with Crippen molar-refractivity contribution in [3.63, 3.8) is 0 Å². The van der Waals surface area contributed by atoms with Crippen molar-refractivity contribution in [3.8, 4) is 0 Å². The molecule has 1 saturated heterocycles. The lowest BCUT2D eigenvalue weighted by molar-refractivity contribution is -0.145. The van der Waals surface area contributed by atoms with Crippen LogP contribution in [0, 0.1) is 0 Å². The molecule has 3 rings (SSSR count). The Balaban J connectivity index is 1.46. The average molecular weight is 267 g/mol. The molecular weight excluding hydrogens is 250 g/mol. The van der Waals surface area contributed by atoms with Gasteiger partial charge in [0, 0.05) is 13.1 Å². The Labute approximate surface area is 118 Å². The van der Waals surface area contributed by atoms with E-state index >= 15 is 0 Å².